The van der Waals surface area contributed by atoms with Crippen LogP contribution in [0.5, 0.6) is 0 Å². The molecule has 0 fully saturated rings. The third-order valence-electron chi connectivity index (χ3n) is 0.649. The Hall–Kier alpha value is -0.770. The molecule has 0 aliphatic carbocycles. The average molecular weight is 128 g/mol. The Kier molecular flexibility index (Phi) is 1.34. The first-order chi connectivity index (χ1) is 3.83. The van der Waals surface area contributed by atoms with E-state index >= 15 is 0 Å². The minimum Gasteiger partial charge on any atom is -0.294 e. The summed E-state index contributed by atoms with van der Waals surface area (Å²) in [5.41, 5.74) is 0. The minimum atomic E-state index is 0.285. The van der Waals surface area contributed by atoms with Crippen LogP contribution in [0.15, 0.2) is 0 Å². The van der Waals surface area contributed by atoms with Crippen LogP contribution < -0.4 is 0 Å². The Morgan fingerprint density at radius 2 is 2.50 bits per heavy atom. The molecular formula is C4H4N2OS. The predicted octanol–water partition coefficient (Wildman–Crippen LogP) is 0.659. The van der Waals surface area contributed by atoms with Crippen molar-refractivity contribution in [1.82, 2.24) is 9.36 Å². The van der Waals surface area contributed by atoms with E-state index in [9.17, 15) is 4.79 Å². The number of nitrogens with zero attached hydrogens (tertiary/aromatic N) is 2. The van der Waals surface area contributed by atoms with E-state index in [4.69, 9.17) is 0 Å². The number of hydrogen-bond acceptors (Lipinski definition) is 4. The molecule has 1 aromatic heterocycles. The second-order valence-electron chi connectivity index (χ2n) is 1.29. The highest BCUT2D eigenvalue weighted by atomic mass is 32.1. The molecule has 3 nitrogen and oxygen atoms in total. The maximum atomic E-state index is 9.90. The molecule has 1 heterocycles. The summed E-state index contributed by atoms with van der Waals surface area (Å²) in [7, 11) is 0. The molecule has 0 aliphatic heterocycles. The Labute approximate surface area is 50.5 Å². The second-order valence-corrected chi connectivity index (χ2v) is 2.25. The third-order valence-corrected chi connectivity index (χ3v) is 1.28. The predicted molar refractivity (Wildman–Crippen MR) is 30.0 cm³/mol. The molecule has 0 amide bonds. The van der Waals surface area contributed by atoms with Gasteiger partial charge >= 0.3 is 0 Å². The first kappa shape index (κ1) is 5.37. The summed E-state index contributed by atoms with van der Waals surface area (Å²) in [5.74, 6) is 0.285. The van der Waals surface area contributed by atoms with Crippen molar-refractivity contribution in [3.8, 4) is 0 Å². The number of aldehydes is 1. The number of carbonyl (C=O) groups excluding carboxylic acids is 1. The van der Waals surface area contributed by atoms with Crippen molar-refractivity contribution in [2.75, 3.05) is 0 Å². The largest absolute Gasteiger partial charge is 0.294 e. The van der Waals surface area contributed by atoms with Crippen LogP contribution in [0.4, 0.5) is 0 Å². The van der Waals surface area contributed by atoms with Gasteiger partial charge in [-0.15, -0.1) is 0 Å². The van der Waals surface area contributed by atoms with Gasteiger partial charge in [-0.25, -0.2) is 4.98 Å². The second kappa shape index (κ2) is 2.00. The van der Waals surface area contributed by atoms with Gasteiger partial charge in [-0.05, 0) is 18.5 Å². The molecule has 0 radical (unpaired) electrons. The molecular weight excluding hydrogens is 124 g/mol. The molecule has 1 rings (SSSR count). The molecule has 0 unspecified atom stereocenters. The van der Waals surface area contributed by atoms with Gasteiger partial charge in [0.15, 0.2) is 6.29 Å². The highest BCUT2D eigenvalue weighted by Gasteiger charge is 1.93. The number of hydrogen-bond donors (Lipinski definition) is 0. The summed E-state index contributed by atoms with van der Waals surface area (Å²) >= 11 is 1.24. The zero-order valence-corrected chi connectivity index (χ0v) is 5.10. The molecule has 4 heteroatoms. The molecule has 0 aliphatic rings. The van der Waals surface area contributed by atoms with Crippen molar-refractivity contribution in [3.05, 3.63) is 10.8 Å². The molecule has 0 N–H and O–H groups in total. The van der Waals surface area contributed by atoms with Gasteiger partial charge in [0.2, 0.25) is 5.82 Å². The van der Waals surface area contributed by atoms with E-state index in [1.807, 2.05) is 6.92 Å². The minimum absolute atomic E-state index is 0.285. The number of carbonyl (C=O) groups is 1. The van der Waals surface area contributed by atoms with Crippen molar-refractivity contribution < 1.29 is 4.79 Å². The summed E-state index contributed by atoms with van der Waals surface area (Å²) in [5, 5.41) is 0.826. The lowest BCUT2D eigenvalue weighted by Crippen LogP contribution is -1.79. The van der Waals surface area contributed by atoms with Crippen LogP contribution in [-0.4, -0.2) is 15.6 Å². The zero-order chi connectivity index (χ0) is 5.98. The molecule has 0 saturated carbocycles. The van der Waals surface area contributed by atoms with Gasteiger partial charge in [0.1, 0.15) is 5.01 Å². The normalized spacial score (nSPS) is 9.12. The standard InChI is InChI=1S/C4H4N2OS/c1-3-5-4(2-7)6-8-3/h2H,1H3. The molecule has 0 spiro atoms. The summed E-state index contributed by atoms with van der Waals surface area (Å²) in [6.07, 6.45) is 0.642. The van der Waals surface area contributed by atoms with Crippen molar-refractivity contribution in [2.45, 2.75) is 6.92 Å². The lowest BCUT2D eigenvalue weighted by molar-refractivity contribution is 0.111. The Morgan fingerprint density at radius 3 is 2.75 bits per heavy atom. The number of aryl methyl sites for hydroxylation is 1. The molecule has 42 valence electrons. The summed E-state index contributed by atoms with van der Waals surface area (Å²) in [6, 6.07) is 0. The third kappa shape index (κ3) is 0.894. The molecule has 1 aromatic rings. The van der Waals surface area contributed by atoms with Crippen LogP contribution in [0.3, 0.4) is 0 Å². The Bertz CT molecular complexity index is 196. The average Bonchev–Trinajstić information content (AvgIpc) is 2.14. The molecule has 0 aromatic carbocycles. The van der Waals surface area contributed by atoms with Crippen LogP contribution in [0.2, 0.25) is 0 Å². The first-order valence-corrected chi connectivity index (χ1v) is 2.86. The van der Waals surface area contributed by atoms with Gasteiger partial charge in [0.25, 0.3) is 0 Å². The van der Waals surface area contributed by atoms with Gasteiger partial charge in [0, 0.05) is 0 Å². The number of aromatic nitrogens is 2. The lowest BCUT2D eigenvalue weighted by atomic mass is 10.7. The van der Waals surface area contributed by atoms with Gasteiger partial charge in [-0.2, -0.15) is 4.37 Å². The smallest absolute Gasteiger partial charge is 0.205 e. The fourth-order valence-corrected chi connectivity index (χ4v) is 0.807. The molecule has 0 bridgehead atoms. The molecule has 8 heavy (non-hydrogen) atoms. The highest BCUT2D eigenvalue weighted by Crippen LogP contribution is 1.98. The van der Waals surface area contributed by atoms with E-state index in [1.54, 1.807) is 0 Å². The first-order valence-electron chi connectivity index (χ1n) is 2.08. The van der Waals surface area contributed by atoms with Gasteiger partial charge in [-0.1, -0.05) is 0 Å². The number of rotatable bonds is 1. The van der Waals surface area contributed by atoms with E-state index in [0.717, 1.165) is 5.01 Å². The van der Waals surface area contributed by atoms with Crippen molar-refractivity contribution in [1.29, 1.82) is 0 Å². The van der Waals surface area contributed by atoms with Crippen LogP contribution >= 0.6 is 11.5 Å². The molecule has 0 atom stereocenters. The van der Waals surface area contributed by atoms with Crippen LogP contribution in [0.1, 0.15) is 15.6 Å². The van der Waals surface area contributed by atoms with Gasteiger partial charge in [0.05, 0.1) is 0 Å². The van der Waals surface area contributed by atoms with Crippen molar-refractivity contribution >= 4 is 17.8 Å². The van der Waals surface area contributed by atoms with Gasteiger partial charge in [-0.3, -0.25) is 4.79 Å². The van der Waals surface area contributed by atoms with Crippen LogP contribution in [0.25, 0.3) is 0 Å². The SMILES string of the molecule is Cc1nc(C=O)ns1. The summed E-state index contributed by atoms with van der Waals surface area (Å²) in [6.45, 7) is 1.81. The van der Waals surface area contributed by atoms with E-state index < -0.39 is 0 Å². The topological polar surface area (TPSA) is 42.9 Å². The molecule has 0 saturated heterocycles. The fraction of sp³-hybridized carbons (Fsp3) is 0.250. The lowest BCUT2D eigenvalue weighted by Gasteiger charge is -1.67. The maximum Gasteiger partial charge on any atom is 0.205 e. The van der Waals surface area contributed by atoms with Crippen LogP contribution in [0, 0.1) is 6.92 Å². The van der Waals surface area contributed by atoms with E-state index in [0.29, 0.717) is 6.29 Å². The van der Waals surface area contributed by atoms with Crippen molar-refractivity contribution in [2.24, 2.45) is 0 Å². The zero-order valence-electron chi connectivity index (χ0n) is 4.29. The quantitative estimate of drug-likeness (QED) is 0.522. The Balaban J connectivity index is 3.00. The monoisotopic (exact) mass is 128 g/mol. The fourth-order valence-electron chi connectivity index (χ4n) is 0.363. The van der Waals surface area contributed by atoms with E-state index in [-0.39, 0.29) is 5.82 Å². The van der Waals surface area contributed by atoms with Crippen LogP contribution in [-0.2, 0) is 0 Å². The van der Waals surface area contributed by atoms with E-state index in [2.05, 4.69) is 9.36 Å². The highest BCUT2D eigenvalue weighted by molar-refractivity contribution is 7.05. The summed E-state index contributed by atoms with van der Waals surface area (Å²) in [4.78, 5) is 13.7. The van der Waals surface area contributed by atoms with Crippen molar-refractivity contribution in [3.63, 3.8) is 0 Å². The maximum absolute atomic E-state index is 9.90. The van der Waals surface area contributed by atoms with Gasteiger partial charge < -0.3 is 0 Å². The summed E-state index contributed by atoms with van der Waals surface area (Å²) < 4.78 is 3.70. The van der Waals surface area contributed by atoms with E-state index in [1.165, 1.54) is 11.5 Å². The Morgan fingerprint density at radius 1 is 1.75 bits per heavy atom.